The number of nitrogens with zero attached hydrogens (tertiary/aromatic N) is 1. The molecule has 7 heteroatoms. The largest absolute Gasteiger partial charge is 0.325 e. The molecular formula is C18H22N2O3S2. The number of carbonyl (C=O) groups is 1. The van der Waals surface area contributed by atoms with Gasteiger partial charge in [0.2, 0.25) is 5.91 Å². The molecule has 1 aliphatic heterocycles. The van der Waals surface area contributed by atoms with E-state index in [0.717, 1.165) is 16.8 Å². The van der Waals surface area contributed by atoms with E-state index in [2.05, 4.69) is 5.32 Å². The van der Waals surface area contributed by atoms with Crippen molar-refractivity contribution in [3.8, 4) is 0 Å². The van der Waals surface area contributed by atoms with Gasteiger partial charge in [-0.1, -0.05) is 24.3 Å². The van der Waals surface area contributed by atoms with Crippen LogP contribution < -0.4 is 5.32 Å². The average molecular weight is 379 g/mol. The molecule has 2 heterocycles. The molecule has 25 heavy (non-hydrogen) atoms. The summed E-state index contributed by atoms with van der Waals surface area (Å²) in [6.07, 6.45) is 1.39. The molecule has 1 saturated heterocycles. The number of rotatable bonds is 4. The number of hydrogen-bond acceptors (Lipinski definition) is 4. The van der Waals surface area contributed by atoms with Crippen LogP contribution in [0.4, 0.5) is 5.69 Å². The highest BCUT2D eigenvalue weighted by Gasteiger charge is 2.34. The zero-order valence-electron chi connectivity index (χ0n) is 14.4. The third kappa shape index (κ3) is 3.78. The summed E-state index contributed by atoms with van der Waals surface area (Å²) in [5.74, 6) is -0.439. The van der Waals surface area contributed by atoms with E-state index in [1.165, 1.54) is 15.6 Å². The van der Waals surface area contributed by atoms with Crippen molar-refractivity contribution in [2.24, 2.45) is 5.92 Å². The highest BCUT2D eigenvalue weighted by molar-refractivity contribution is 7.91. The van der Waals surface area contributed by atoms with Gasteiger partial charge >= 0.3 is 0 Å². The van der Waals surface area contributed by atoms with E-state index in [1.54, 1.807) is 17.5 Å². The van der Waals surface area contributed by atoms with Crippen LogP contribution in [0.25, 0.3) is 0 Å². The Hall–Kier alpha value is -1.70. The predicted molar refractivity (Wildman–Crippen MR) is 100 cm³/mol. The Bertz CT molecular complexity index is 840. The average Bonchev–Trinajstić information content (AvgIpc) is 3.14. The first kappa shape index (κ1) is 18.1. The fourth-order valence-corrected chi connectivity index (χ4v) is 5.82. The summed E-state index contributed by atoms with van der Waals surface area (Å²) in [5, 5.41) is 4.75. The normalized spacial score (nSPS) is 18.9. The van der Waals surface area contributed by atoms with Crippen molar-refractivity contribution in [1.82, 2.24) is 4.31 Å². The first-order valence-corrected chi connectivity index (χ1v) is 10.6. The second-order valence-corrected chi connectivity index (χ2v) is 9.50. The molecule has 0 saturated carbocycles. The minimum Gasteiger partial charge on any atom is -0.325 e. The van der Waals surface area contributed by atoms with Crippen molar-refractivity contribution in [3.63, 3.8) is 0 Å². The molecular weight excluding hydrogens is 356 g/mol. The van der Waals surface area contributed by atoms with Gasteiger partial charge in [-0.05, 0) is 49.3 Å². The molecule has 134 valence electrons. The summed E-state index contributed by atoms with van der Waals surface area (Å²) in [4.78, 5) is 12.7. The third-order valence-electron chi connectivity index (χ3n) is 4.57. The lowest BCUT2D eigenvalue weighted by molar-refractivity contribution is -0.120. The number of thiophene rings is 1. The Labute approximate surface area is 152 Å². The van der Waals surface area contributed by atoms with E-state index < -0.39 is 10.0 Å². The van der Waals surface area contributed by atoms with Gasteiger partial charge < -0.3 is 5.32 Å². The van der Waals surface area contributed by atoms with Gasteiger partial charge in [-0.25, -0.2) is 8.42 Å². The lowest BCUT2D eigenvalue weighted by Gasteiger charge is -2.31. The minimum absolute atomic E-state index is 0.108. The smallest absolute Gasteiger partial charge is 0.252 e. The Morgan fingerprint density at radius 2 is 1.92 bits per heavy atom. The van der Waals surface area contributed by atoms with Crippen molar-refractivity contribution < 1.29 is 13.2 Å². The molecule has 1 atom stereocenters. The number of hydrogen-bond donors (Lipinski definition) is 1. The van der Waals surface area contributed by atoms with Gasteiger partial charge in [0.25, 0.3) is 10.0 Å². The molecule has 5 nitrogen and oxygen atoms in total. The van der Waals surface area contributed by atoms with E-state index in [1.807, 2.05) is 32.0 Å². The van der Waals surface area contributed by atoms with Gasteiger partial charge in [0.15, 0.2) is 0 Å². The zero-order valence-corrected chi connectivity index (χ0v) is 16.0. The van der Waals surface area contributed by atoms with Gasteiger partial charge in [0, 0.05) is 18.8 Å². The van der Waals surface area contributed by atoms with Crippen LogP contribution in [0.15, 0.2) is 39.9 Å². The fourth-order valence-electron chi connectivity index (χ4n) is 3.15. The highest BCUT2D eigenvalue weighted by Crippen LogP contribution is 2.28. The van der Waals surface area contributed by atoms with Crippen LogP contribution in [-0.2, 0) is 14.8 Å². The van der Waals surface area contributed by atoms with Crippen molar-refractivity contribution >= 4 is 33.0 Å². The van der Waals surface area contributed by atoms with E-state index in [0.29, 0.717) is 23.6 Å². The number of sulfonamides is 1. The van der Waals surface area contributed by atoms with Crippen molar-refractivity contribution in [3.05, 3.63) is 46.8 Å². The number of piperidine rings is 1. The topological polar surface area (TPSA) is 66.5 Å². The standard InChI is InChI=1S/C18H22N2O3S2/c1-13-6-3-7-14(2)17(13)19-18(21)15-8-4-10-20(12-15)25(22,23)16-9-5-11-24-16/h3,5-7,9,11,15H,4,8,10,12H2,1-2H3,(H,19,21). The van der Waals surface area contributed by atoms with Crippen LogP contribution in [-0.4, -0.2) is 31.7 Å². The summed E-state index contributed by atoms with van der Waals surface area (Å²) in [6, 6.07) is 9.21. The molecule has 1 amide bonds. The SMILES string of the molecule is Cc1cccc(C)c1NC(=O)C1CCCN(S(=O)(=O)c2cccs2)C1. The number of benzene rings is 1. The maximum absolute atomic E-state index is 12.7. The molecule has 0 spiro atoms. The number of nitrogens with one attached hydrogen (secondary N) is 1. The molecule has 2 aromatic rings. The Morgan fingerprint density at radius 1 is 1.20 bits per heavy atom. The van der Waals surface area contributed by atoms with Crippen LogP contribution in [0.3, 0.4) is 0 Å². The monoisotopic (exact) mass is 378 g/mol. The third-order valence-corrected chi connectivity index (χ3v) is 7.81. The number of carbonyl (C=O) groups excluding carboxylic acids is 1. The second kappa shape index (κ2) is 7.27. The molecule has 1 fully saturated rings. The molecule has 1 aliphatic rings. The Morgan fingerprint density at radius 3 is 2.56 bits per heavy atom. The summed E-state index contributed by atoms with van der Waals surface area (Å²) in [7, 11) is -3.50. The number of anilines is 1. The molecule has 1 N–H and O–H groups in total. The van der Waals surface area contributed by atoms with Gasteiger partial charge in [-0.3, -0.25) is 4.79 Å². The summed E-state index contributed by atoms with van der Waals surface area (Å²) < 4.78 is 27.2. The van der Waals surface area contributed by atoms with Crippen molar-refractivity contribution in [2.45, 2.75) is 30.9 Å². The van der Waals surface area contributed by atoms with E-state index in [4.69, 9.17) is 0 Å². The zero-order chi connectivity index (χ0) is 18.0. The van der Waals surface area contributed by atoms with Gasteiger partial charge in [-0.2, -0.15) is 4.31 Å². The van der Waals surface area contributed by atoms with Crippen LogP contribution in [0.5, 0.6) is 0 Å². The highest BCUT2D eigenvalue weighted by atomic mass is 32.2. The van der Waals surface area contributed by atoms with E-state index in [9.17, 15) is 13.2 Å². The molecule has 0 radical (unpaired) electrons. The fraction of sp³-hybridized carbons (Fsp3) is 0.389. The maximum atomic E-state index is 12.7. The Balaban J connectivity index is 1.74. The second-order valence-electron chi connectivity index (χ2n) is 6.39. The van der Waals surface area contributed by atoms with Crippen molar-refractivity contribution in [1.29, 1.82) is 0 Å². The molecule has 3 rings (SSSR count). The maximum Gasteiger partial charge on any atom is 0.252 e. The first-order valence-electron chi connectivity index (χ1n) is 8.30. The van der Waals surface area contributed by atoms with E-state index >= 15 is 0 Å². The van der Waals surface area contributed by atoms with Gasteiger partial charge in [0.05, 0.1) is 5.92 Å². The lowest BCUT2D eigenvalue weighted by atomic mass is 9.98. The summed E-state index contributed by atoms with van der Waals surface area (Å²) in [6.45, 7) is 4.61. The lowest BCUT2D eigenvalue weighted by Crippen LogP contribution is -2.43. The van der Waals surface area contributed by atoms with Crippen LogP contribution in [0.1, 0.15) is 24.0 Å². The molecule has 0 aliphatic carbocycles. The van der Waals surface area contributed by atoms with Crippen molar-refractivity contribution in [2.75, 3.05) is 18.4 Å². The predicted octanol–water partition coefficient (Wildman–Crippen LogP) is 3.40. The molecule has 1 unspecified atom stereocenters. The number of aryl methyl sites for hydroxylation is 2. The summed E-state index contributed by atoms with van der Waals surface area (Å²) in [5.41, 5.74) is 2.84. The van der Waals surface area contributed by atoms with E-state index in [-0.39, 0.29) is 18.4 Å². The van der Waals surface area contributed by atoms with Gasteiger partial charge in [0.1, 0.15) is 4.21 Å². The first-order chi connectivity index (χ1) is 11.9. The number of para-hydroxylation sites is 1. The molecule has 1 aromatic carbocycles. The summed E-state index contributed by atoms with van der Waals surface area (Å²) >= 11 is 1.21. The van der Waals surface area contributed by atoms with Crippen LogP contribution >= 0.6 is 11.3 Å². The minimum atomic E-state index is -3.50. The quantitative estimate of drug-likeness (QED) is 0.887. The molecule has 1 aromatic heterocycles. The van der Waals surface area contributed by atoms with Crippen LogP contribution in [0.2, 0.25) is 0 Å². The Kier molecular flexibility index (Phi) is 5.27. The molecule has 0 bridgehead atoms. The van der Waals surface area contributed by atoms with Crippen LogP contribution in [0, 0.1) is 19.8 Å². The van der Waals surface area contributed by atoms with Gasteiger partial charge in [-0.15, -0.1) is 11.3 Å². The number of amides is 1.